The van der Waals surface area contributed by atoms with Crippen molar-refractivity contribution in [3.63, 3.8) is 0 Å². The van der Waals surface area contributed by atoms with E-state index in [1.54, 1.807) is 18.9 Å². The predicted octanol–water partition coefficient (Wildman–Crippen LogP) is 5.43. The number of carboxylic acid groups (broad SMARTS) is 1. The Kier molecular flexibility index (Phi) is 7.25. The number of hydrogen-bond donors (Lipinski definition) is 1. The molecule has 0 bridgehead atoms. The lowest BCUT2D eigenvalue weighted by molar-refractivity contribution is -0.138. The van der Waals surface area contributed by atoms with E-state index in [4.69, 9.17) is 0 Å². The van der Waals surface area contributed by atoms with Crippen LogP contribution in [0, 0.1) is 5.82 Å². The van der Waals surface area contributed by atoms with Crippen LogP contribution in [0.15, 0.2) is 83.8 Å². The maximum absolute atomic E-state index is 13.2. The molecule has 32 heavy (non-hydrogen) atoms. The van der Waals surface area contributed by atoms with Gasteiger partial charge in [0.1, 0.15) is 5.82 Å². The third kappa shape index (κ3) is 5.38. The summed E-state index contributed by atoms with van der Waals surface area (Å²) < 4.78 is 15.5. The van der Waals surface area contributed by atoms with Gasteiger partial charge in [0.05, 0.1) is 12.0 Å². The molecule has 0 radical (unpaired) electrons. The van der Waals surface area contributed by atoms with E-state index in [-0.39, 0.29) is 11.9 Å². The van der Waals surface area contributed by atoms with E-state index in [0.29, 0.717) is 0 Å². The highest BCUT2D eigenvalue weighted by Crippen LogP contribution is 2.33. The first kappa shape index (κ1) is 22.5. The minimum Gasteiger partial charge on any atom is -0.481 e. The maximum Gasteiger partial charge on any atom is 0.310 e. The Labute approximate surface area is 192 Å². The average Bonchev–Trinajstić information content (AvgIpc) is 2.82. The highest BCUT2D eigenvalue weighted by Gasteiger charge is 2.27. The molecule has 1 saturated heterocycles. The number of benzene rings is 3. The largest absolute Gasteiger partial charge is 0.481 e. The standard InChI is InChI=1S/C26H27FN2O2S/c1-19(26(30)31)21-8-5-9-22(18-21)25(20-6-3-2-4-7-20)28-14-16-29(17-15-28)32-24-12-10-23(27)11-13-24/h2-13,18-19,25H,14-17H2,1H3,(H,30,31). The molecule has 1 heterocycles. The van der Waals surface area contributed by atoms with Crippen LogP contribution < -0.4 is 0 Å². The SMILES string of the molecule is CC(C(=O)O)c1cccc(C(c2ccccc2)N2CCN(Sc3ccc(F)cc3)CC2)c1. The number of carbonyl (C=O) groups is 1. The van der Waals surface area contributed by atoms with Gasteiger partial charge in [-0.15, -0.1) is 0 Å². The molecule has 2 unspecified atom stereocenters. The molecule has 3 aromatic rings. The van der Waals surface area contributed by atoms with Crippen molar-refractivity contribution in [3.05, 3.63) is 101 Å². The summed E-state index contributed by atoms with van der Waals surface area (Å²) in [4.78, 5) is 15.0. The van der Waals surface area contributed by atoms with Gasteiger partial charge < -0.3 is 5.11 Å². The Morgan fingerprint density at radius 2 is 1.50 bits per heavy atom. The van der Waals surface area contributed by atoms with Gasteiger partial charge >= 0.3 is 5.97 Å². The average molecular weight is 451 g/mol. The molecule has 0 aromatic heterocycles. The van der Waals surface area contributed by atoms with Gasteiger partial charge in [-0.25, -0.2) is 8.70 Å². The summed E-state index contributed by atoms with van der Waals surface area (Å²) in [5.74, 6) is -1.58. The van der Waals surface area contributed by atoms with Gasteiger partial charge in [-0.05, 0) is 59.8 Å². The highest BCUT2D eigenvalue weighted by molar-refractivity contribution is 7.97. The summed E-state index contributed by atoms with van der Waals surface area (Å²) >= 11 is 1.66. The van der Waals surface area contributed by atoms with E-state index < -0.39 is 11.9 Å². The third-order valence-electron chi connectivity index (χ3n) is 5.90. The summed E-state index contributed by atoms with van der Waals surface area (Å²) in [6.45, 7) is 5.26. The molecule has 0 saturated carbocycles. The zero-order chi connectivity index (χ0) is 22.5. The molecule has 0 amide bonds. The molecular formula is C26H27FN2O2S. The van der Waals surface area contributed by atoms with Crippen molar-refractivity contribution in [2.24, 2.45) is 0 Å². The lowest BCUT2D eigenvalue weighted by Crippen LogP contribution is -2.45. The highest BCUT2D eigenvalue weighted by atomic mass is 32.2. The molecule has 1 aliphatic heterocycles. The number of aliphatic carboxylic acids is 1. The van der Waals surface area contributed by atoms with Gasteiger partial charge in [-0.1, -0.05) is 54.6 Å². The van der Waals surface area contributed by atoms with Crippen LogP contribution in [-0.2, 0) is 4.79 Å². The fraction of sp³-hybridized carbons (Fsp3) is 0.269. The molecule has 6 heteroatoms. The quantitative estimate of drug-likeness (QED) is 0.487. The van der Waals surface area contributed by atoms with Crippen LogP contribution in [0.5, 0.6) is 0 Å². The van der Waals surface area contributed by atoms with Gasteiger partial charge in [0.15, 0.2) is 0 Å². The van der Waals surface area contributed by atoms with Crippen molar-refractivity contribution in [1.29, 1.82) is 0 Å². The van der Waals surface area contributed by atoms with E-state index in [0.717, 1.165) is 42.2 Å². The zero-order valence-electron chi connectivity index (χ0n) is 18.0. The van der Waals surface area contributed by atoms with Gasteiger partial charge in [0, 0.05) is 31.1 Å². The van der Waals surface area contributed by atoms with Crippen molar-refractivity contribution in [2.75, 3.05) is 26.2 Å². The van der Waals surface area contributed by atoms with E-state index in [1.807, 2.05) is 48.5 Å². The second-order valence-corrected chi connectivity index (χ2v) is 9.22. The van der Waals surface area contributed by atoms with E-state index >= 15 is 0 Å². The molecule has 1 fully saturated rings. The van der Waals surface area contributed by atoms with Gasteiger partial charge in [0.25, 0.3) is 0 Å². The van der Waals surface area contributed by atoms with Crippen LogP contribution in [-0.4, -0.2) is 46.5 Å². The zero-order valence-corrected chi connectivity index (χ0v) is 18.8. The molecule has 4 rings (SSSR count). The summed E-state index contributed by atoms with van der Waals surface area (Å²) in [7, 11) is 0. The van der Waals surface area contributed by atoms with Crippen LogP contribution >= 0.6 is 11.9 Å². The number of halogens is 1. The van der Waals surface area contributed by atoms with Crippen molar-refractivity contribution < 1.29 is 14.3 Å². The smallest absolute Gasteiger partial charge is 0.310 e. The minimum atomic E-state index is -0.815. The number of rotatable bonds is 7. The van der Waals surface area contributed by atoms with Gasteiger partial charge in [-0.3, -0.25) is 9.69 Å². The first-order valence-corrected chi connectivity index (χ1v) is 11.6. The molecular weight excluding hydrogens is 423 g/mol. The molecule has 4 nitrogen and oxygen atoms in total. The summed E-state index contributed by atoms with van der Waals surface area (Å²) in [5, 5.41) is 9.46. The molecule has 166 valence electrons. The van der Waals surface area contributed by atoms with Crippen LogP contribution in [0.3, 0.4) is 0 Å². The Bertz CT molecular complexity index is 1040. The normalized spacial score (nSPS) is 17.1. The second kappa shape index (κ2) is 10.3. The lowest BCUT2D eigenvalue weighted by Gasteiger charge is -2.39. The summed E-state index contributed by atoms with van der Waals surface area (Å²) in [6, 6.07) is 25.0. The van der Waals surface area contributed by atoms with E-state index in [9.17, 15) is 14.3 Å². The van der Waals surface area contributed by atoms with E-state index in [2.05, 4.69) is 27.4 Å². The fourth-order valence-electron chi connectivity index (χ4n) is 4.09. The van der Waals surface area contributed by atoms with Gasteiger partial charge in [-0.2, -0.15) is 0 Å². The predicted molar refractivity (Wildman–Crippen MR) is 126 cm³/mol. The van der Waals surface area contributed by atoms with Crippen molar-refractivity contribution in [2.45, 2.75) is 23.8 Å². The molecule has 3 aromatic carbocycles. The number of nitrogens with zero attached hydrogens (tertiary/aromatic N) is 2. The van der Waals surface area contributed by atoms with E-state index in [1.165, 1.54) is 17.7 Å². The molecule has 0 aliphatic carbocycles. The molecule has 1 aliphatic rings. The minimum absolute atomic E-state index is 0.0649. The second-order valence-electron chi connectivity index (χ2n) is 8.05. The van der Waals surface area contributed by atoms with Crippen LogP contribution in [0.4, 0.5) is 4.39 Å². The molecule has 1 N–H and O–H groups in total. The van der Waals surface area contributed by atoms with Crippen molar-refractivity contribution in [3.8, 4) is 0 Å². The summed E-state index contributed by atoms with van der Waals surface area (Å²) in [5.41, 5.74) is 3.13. The topological polar surface area (TPSA) is 43.8 Å². The first-order chi connectivity index (χ1) is 15.5. The third-order valence-corrected chi connectivity index (χ3v) is 7.01. The van der Waals surface area contributed by atoms with Crippen molar-refractivity contribution >= 4 is 17.9 Å². The van der Waals surface area contributed by atoms with Gasteiger partial charge in [0.2, 0.25) is 0 Å². The van der Waals surface area contributed by atoms with Crippen molar-refractivity contribution in [1.82, 2.24) is 9.21 Å². The Morgan fingerprint density at radius 3 is 2.16 bits per heavy atom. The number of hydrogen-bond acceptors (Lipinski definition) is 4. The number of carboxylic acids is 1. The van der Waals surface area contributed by atoms with Crippen LogP contribution in [0.1, 0.15) is 35.6 Å². The molecule has 2 atom stereocenters. The lowest BCUT2D eigenvalue weighted by atomic mass is 9.92. The van der Waals surface area contributed by atoms with Crippen LogP contribution in [0.2, 0.25) is 0 Å². The monoisotopic (exact) mass is 450 g/mol. The Balaban J connectivity index is 1.53. The maximum atomic E-state index is 13.2. The fourth-order valence-corrected chi connectivity index (χ4v) is 4.99. The summed E-state index contributed by atoms with van der Waals surface area (Å²) in [6.07, 6.45) is 0. The first-order valence-electron chi connectivity index (χ1n) is 10.8. The van der Waals surface area contributed by atoms with Crippen LogP contribution in [0.25, 0.3) is 0 Å². The number of piperazine rings is 1. The molecule has 0 spiro atoms. The Hall–Kier alpha value is -2.67. The Morgan fingerprint density at radius 1 is 0.875 bits per heavy atom.